The molecule has 0 aromatic heterocycles. The minimum Gasteiger partial charge on any atom is -0.488 e. The van der Waals surface area contributed by atoms with Crippen molar-refractivity contribution in [2.24, 2.45) is 0 Å². The fraction of sp³-hybridized carbons (Fsp3) is 0.222. The highest BCUT2D eigenvalue weighted by Gasteiger charge is 2.32. The van der Waals surface area contributed by atoms with E-state index < -0.39 is 33.5 Å². The summed E-state index contributed by atoms with van der Waals surface area (Å²) in [5.74, 6) is -1.54. The first-order valence-corrected chi connectivity index (χ1v) is 13.4. The summed E-state index contributed by atoms with van der Waals surface area (Å²) in [5, 5.41) is 9.56. The molecule has 200 valence electrons. The first-order chi connectivity index (χ1) is 17.8. The number of alkyl halides is 3. The van der Waals surface area contributed by atoms with Crippen molar-refractivity contribution in [2.45, 2.75) is 32.0 Å². The predicted octanol–water partition coefficient (Wildman–Crippen LogP) is 6.59. The zero-order valence-electron chi connectivity index (χ0n) is 20.1. The van der Waals surface area contributed by atoms with Gasteiger partial charge in [-0.25, -0.2) is 17.6 Å². The number of hydrogen-bond donors (Lipinski definition) is 2. The van der Waals surface area contributed by atoms with Gasteiger partial charge < -0.3 is 9.84 Å². The van der Waals surface area contributed by atoms with Gasteiger partial charge in [0.2, 0.25) is 10.0 Å². The summed E-state index contributed by atoms with van der Waals surface area (Å²) in [6.45, 7) is -0.0157. The van der Waals surface area contributed by atoms with Crippen molar-refractivity contribution < 1.29 is 40.6 Å². The van der Waals surface area contributed by atoms with Crippen molar-refractivity contribution in [3.05, 3.63) is 94.3 Å². The quantitative estimate of drug-likeness (QED) is 0.310. The molecule has 0 spiro atoms. The number of carboxylic acid groups (broad SMARTS) is 1. The number of rotatable bonds is 8. The molecule has 0 bridgehead atoms. The molecule has 38 heavy (non-hydrogen) atoms. The first kappa shape index (κ1) is 27.2. The van der Waals surface area contributed by atoms with Gasteiger partial charge >= 0.3 is 12.1 Å². The largest absolute Gasteiger partial charge is 0.488 e. The Balaban J connectivity index is 1.83. The number of carboxylic acids is 1. The first-order valence-electron chi connectivity index (χ1n) is 11.5. The van der Waals surface area contributed by atoms with Crippen molar-refractivity contribution in [1.29, 1.82) is 0 Å². The van der Waals surface area contributed by atoms with E-state index in [1.54, 1.807) is 0 Å². The molecule has 3 aromatic rings. The summed E-state index contributed by atoms with van der Waals surface area (Å²) in [5.41, 5.74) is 1.30. The normalized spacial score (nSPS) is 14.0. The van der Waals surface area contributed by atoms with Crippen molar-refractivity contribution in [3.63, 3.8) is 0 Å². The molecule has 0 saturated carbocycles. The van der Waals surface area contributed by atoms with E-state index >= 15 is 0 Å². The number of allylic oxidation sites excluding steroid dienone is 2. The molecule has 0 aliphatic heterocycles. The van der Waals surface area contributed by atoms with Crippen LogP contribution < -0.4 is 9.46 Å². The average molecular weight is 550 g/mol. The average Bonchev–Trinajstić information content (AvgIpc) is 3.31. The van der Waals surface area contributed by atoms with Gasteiger partial charge in [-0.2, -0.15) is 13.2 Å². The van der Waals surface area contributed by atoms with Crippen LogP contribution >= 0.6 is 0 Å². The fourth-order valence-electron chi connectivity index (χ4n) is 4.37. The van der Waals surface area contributed by atoms with Gasteiger partial charge in [0, 0.05) is 11.3 Å². The Morgan fingerprint density at radius 2 is 1.68 bits per heavy atom. The highest BCUT2D eigenvalue weighted by Crippen LogP contribution is 2.45. The topological polar surface area (TPSA) is 92.7 Å². The number of hydrogen-bond acceptors (Lipinski definition) is 4. The number of sulfonamides is 1. The molecule has 1 aliphatic rings. The number of carbonyl (C=O) groups is 1. The van der Waals surface area contributed by atoms with Crippen LogP contribution in [0.3, 0.4) is 0 Å². The smallest absolute Gasteiger partial charge is 0.416 e. The minimum absolute atomic E-state index is 0.0157. The van der Waals surface area contributed by atoms with E-state index in [9.17, 15) is 35.9 Å². The number of benzene rings is 3. The van der Waals surface area contributed by atoms with Crippen LogP contribution in [0.4, 0.5) is 23.2 Å². The van der Waals surface area contributed by atoms with E-state index in [0.717, 1.165) is 18.4 Å². The van der Waals surface area contributed by atoms with Gasteiger partial charge in [-0.15, -0.1) is 0 Å². The van der Waals surface area contributed by atoms with Crippen LogP contribution in [0, 0.1) is 5.82 Å². The van der Waals surface area contributed by atoms with Crippen LogP contribution in [-0.4, -0.2) is 25.7 Å². The molecule has 0 saturated heterocycles. The van der Waals surface area contributed by atoms with Crippen molar-refractivity contribution in [3.8, 4) is 5.75 Å². The molecule has 0 amide bonds. The van der Waals surface area contributed by atoms with Gasteiger partial charge in [0.15, 0.2) is 0 Å². The van der Waals surface area contributed by atoms with Gasteiger partial charge in [-0.1, -0.05) is 12.1 Å². The van der Waals surface area contributed by atoms with Gasteiger partial charge in [0.1, 0.15) is 18.2 Å². The molecule has 0 radical (unpaired) electrons. The standard InChI is InChI=1S/C27H23F4NO5S/c1-38(35,36)32-21-12-17(11-18(13-21)26(33)34)22-3-2-4-23(22)24-14-19(27(29,30)31)7-10-25(24)37-15-16-5-8-20(28)9-6-16/h5-14,32H,2-4,15H2,1H3,(H,33,34). The predicted molar refractivity (Wildman–Crippen MR) is 135 cm³/mol. The van der Waals surface area contributed by atoms with E-state index in [4.69, 9.17) is 4.74 Å². The Bertz CT molecular complexity index is 1510. The number of halogens is 4. The second kappa shape index (κ2) is 10.5. The second-order valence-corrected chi connectivity index (χ2v) is 10.7. The van der Waals surface area contributed by atoms with E-state index in [1.807, 2.05) is 0 Å². The molecule has 0 unspecified atom stereocenters. The van der Waals surface area contributed by atoms with E-state index in [2.05, 4.69) is 4.72 Å². The van der Waals surface area contributed by atoms with Gasteiger partial charge in [-0.05, 0) is 90.1 Å². The third-order valence-corrected chi connectivity index (χ3v) is 6.60. The number of aromatic carboxylic acids is 1. The molecule has 6 nitrogen and oxygen atoms in total. The number of anilines is 1. The number of ether oxygens (including phenoxy) is 1. The Labute approximate surface area is 216 Å². The van der Waals surface area contributed by atoms with Crippen molar-refractivity contribution in [1.82, 2.24) is 0 Å². The van der Waals surface area contributed by atoms with Crippen LogP contribution in [0.2, 0.25) is 0 Å². The SMILES string of the molecule is CS(=O)(=O)Nc1cc(C(=O)O)cc(C2=C(c3cc(C(F)(F)F)ccc3OCc3ccc(F)cc3)CCC2)c1. The zero-order chi connectivity index (χ0) is 27.7. The highest BCUT2D eigenvalue weighted by atomic mass is 32.2. The molecule has 0 atom stereocenters. The van der Waals surface area contributed by atoms with Gasteiger partial charge in [0.25, 0.3) is 0 Å². The van der Waals surface area contributed by atoms with E-state index in [0.29, 0.717) is 41.5 Å². The fourth-order valence-corrected chi connectivity index (χ4v) is 4.91. The molecule has 0 fully saturated rings. The summed E-state index contributed by atoms with van der Waals surface area (Å²) in [6.07, 6.45) is -2.27. The molecule has 0 heterocycles. The molecular weight excluding hydrogens is 526 g/mol. The van der Waals surface area contributed by atoms with E-state index in [1.165, 1.54) is 48.5 Å². The van der Waals surface area contributed by atoms with Crippen LogP contribution in [-0.2, 0) is 22.8 Å². The Morgan fingerprint density at radius 1 is 1.00 bits per heavy atom. The summed E-state index contributed by atoms with van der Waals surface area (Å²) < 4.78 is 85.8. The zero-order valence-corrected chi connectivity index (χ0v) is 20.9. The Hall–Kier alpha value is -3.86. The molecule has 11 heteroatoms. The summed E-state index contributed by atoms with van der Waals surface area (Å²) in [7, 11) is -3.72. The van der Waals surface area contributed by atoms with Crippen LogP contribution in [0.15, 0.2) is 60.7 Å². The van der Waals surface area contributed by atoms with Crippen molar-refractivity contribution >= 4 is 32.8 Å². The summed E-state index contributed by atoms with van der Waals surface area (Å²) in [4.78, 5) is 11.7. The third kappa shape index (κ3) is 6.52. The van der Waals surface area contributed by atoms with Crippen LogP contribution in [0.5, 0.6) is 5.75 Å². The van der Waals surface area contributed by atoms with Gasteiger partial charge in [0.05, 0.1) is 17.4 Å². The Morgan fingerprint density at radius 3 is 2.32 bits per heavy atom. The van der Waals surface area contributed by atoms with Gasteiger partial charge in [-0.3, -0.25) is 4.72 Å². The molecule has 3 aromatic carbocycles. The Kier molecular flexibility index (Phi) is 7.50. The summed E-state index contributed by atoms with van der Waals surface area (Å²) >= 11 is 0. The third-order valence-electron chi connectivity index (χ3n) is 5.99. The molecule has 1 aliphatic carbocycles. The lowest BCUT2D eigenvalue weighted by Gasteiger charge is -2.18. The maximum Gasteiger partial charge on any atom is 0.416 e. The minimum atomic E-state index is -4.61. The lowest BCUT2D eigenvalue weighted by atomic mass is 9.94. The van der Waals surface area contributed by atoms with E-state index in [-0.39, 0.29) is 29.2 Å². The molecular formula is C27H23F4NO5S. The maximum absolute atomic E-state index is 13.6. The molecule has 2 N–H and O–H groups in total. The van der Waals surface area contributed by atoms with Crippen molar-refractivity contribution in [2.75, 3.05) is 11.0 Å². The number of nitrogens with one attached hydrogen (secondary N) is 1. The highest BCUT2D eigenvalue weighted by molar-refractivity contribution is 7.92. The maximum atomic E-state index is 13.6. The lowest BCUT2D eigenvalue weighted by Crippen LogP contribution is -2.11. The molecule has 4 rings (SSSR count). The summed E-state index contributed by atoms with van der Waals surface area (Å²) in [6, 6.07) is 12.7. The lowest BCUT2D eigenvalue weighted by molar-refractivity contribution is -0.137. The monoisotopic (exact) mass is 549 g/mol. The van der Waals surface area contributed by atoms with Crippen LogP contribution in [0.1, 0.15) is 51.9 Å². The second-order valence-electron chi connectivity index (χ2n) is 8.91. The van der Waals surface area contributed by atoms with Crippen LogP contribution in [0.25, 0.3) is 11.1 Å².